The van der Waals surface area contributed by atoms with E-state index in [0.717, 1.165) is 23.8 Å². The molecule has 7 heteroatoms. The SMILES string of the molecule is C=CCn1c(SCC(=O)c2ccc(OC)cc2OC)nnc1C1CC1. The maximum atomic E-state index is 12.6. The molecule has 3 rings (SSSR count). The number of carbonyl (C=O) groups excluding carboxylic acids is 1. The predicted octanol–water partition coefficient (Wildman–Crippen LogP) is 3.33. The Morgan fingerprint density at radius 1 is 1.36 bits per heavy atom. The minimum atomic E-state index is -0.0226. The molecule has 0 bridgehead atoms. The summed E-state index contributed by atoms with van der Waals surface area (Å²) in [4.78, 5) is 12.6. The van der Waals surface area contributed by atoms with Crippen molar-refractivity contribution in [2.75, 3.05) is 20.0 Å². The van der Waals surface area contributed by atoms with Gasteiger partial charge in [0.15, 0.2) is 10.9 Å². The zero-order chi connectivity index (χ0) is 17.8. The maximum absolute atomic E-state index is 12.6. The lowest BCUT2D eigenvalue weighted by Crippen LogP contribution is -2.07. The van der Waals surface area contributed by atoms with Crippen molar-refractivity contribution in [1.29, 1.82) is 0 Å². The van der Waals surface area contributed by atoms with Gasteiger partial charge in [0, 0.05) is 18.5 Å². The monoisotopic (exact) mass is 359 g/mol. The lowest BCUT2D eigenvalue weighted by Gasteiger charge is -2.10. The molecule has 0 amide bonds. The number of Topliss-reactive ketones (excluding diaryl/α,β-unsaturated/α-hetero) is 1. The van der Waals surface area contributed by atoms with Crippen molar-refractivity contribution in [2.45, 2.75) is 30.5 Å². The van der Waals surface area contributed by atoms with Crippen molar-refractivity contribution in [2.24, 2.45) is 0 Å². The molecule has 1 heterocycles. The highest BCUT2D eigenvalue weighted by Gasteiger charge is 2.30. The van der Waals surface area contributed by atoms with Gasteiger partial charge in [-0.1, -0.05) is 17.8 Å². The van der Waals surface area contributed by atoms with Crippen molar-refractivity contribution in [1.82, 2.24) is 14.8 Å². The Morgan fingerprint density at radius 3 is 2.80 bits per heavy atom. The number of ether oxygens (including phenoxy) is 2. The molecule has 6 nitrogen and oxygen atoms in total. The lowest BCUT2D eigenvalue weighted by atomic mass is 10.1. The summed E-state index contributed by atoms with van der Waals surface area (Å²) in [5.74, 6) is 2.90. The summed E-state index contributed by atoms with van der Waals surface area (Å²) < 4.78 is 12.5. The van der Waals surface area contributed by atoms with E-state index in [1.165, 1.54) is 11.8 Å². The van der Waals surface area contributed by atoms with Gasteiger partial charge in [0.2, 0.25) is 0 Å². The smallest absolute Gasteiger partial charge is 0.191 e. The van der Waals surface area contributed by atoms with Gasteiger partial charge in [-0.2, -0.15) is 0 Å². The molecule has 25 heavy (non-hydrogen) atoms. The first-order chi connectivity index (χ1) is 12.2. The zero-order valence-electron chi connectivity index (χ0n) is 14.4. The lowest BCUT2D eigenvalue weighted by molar-refractivity contribution is 0.101. The van der Waals surface area contributed by atoms with Crippen LogP contribution in [0, 0.1) is 0 Å². The van der Waals surface area contributed by atoms with Gasteiger partial charge in [-0.05, 0) is 25.0 Å². The second-order valence-electron chi connectivity index (χ2n) is 5.79. The first kappa shape index (κ1) is 17.5. The Morgan fingerprint density at radius 2 is 2.16 bits per heavy atom. The number of rotatable bonds is 9. The molecule has 0 saturated heterocycles. The van der Waals surface area contributed by atoms with E-state index in [1.54, 1.807) is 32.4 Å². The average molecular weight is 359 g/mol. The number of methoxy groups -OCH3 is 2. The Kier molecular flexibility index (Phi) is 5.43. The minimum Gasteiger partial charge on any atom is -0.497 e. The number of allylic oxidation sites excluding steroid dienone is 1. The molecule has 0 spiro atoms. The molecule has 1 aromatic heterocycles. The molecule has 1 fully saturated rings. The van der Waals surface area contributed by atoms with Gasteiger partial charge in [0.25, 0.3) is 0 Å². The maximum Gasteiger partial charge on any atom is 0.191 e. The number of thioether (sulfide) groups is 1. The summed E-state index contributed by atoms with van der Waals surface area (Å²) in [5.41, 5.74) is 0.535. The number of aromatic nitrogens is 3. The number of carbonyl (C=O) groups is 1. The molecule has 2 aromatic rings. The fourth-order valence-electron chi connectivity index (χ4n) is 2.59. The summed E-state index contributed by atoms with van der Waals surface area (Å²) in [6, 6.07) is 5.19. The van der Waals surface area contributed by atoms with Crippen molar-refractivity contribution >= 4 is 17.5 Å². The zero-order valence-corrected chi connectivity index (χ0v) is 15.2. The fraction of sp³-hybridized carbons (Fsp3) is 0.389. The van der Waals surface area contributed by atoms with E-state index in [-0.39, 0.29) is 11.5 Å². The number of ketones is 1. The summed E-state index contributed by atoms with van der Waals surface area (Å²) >= 11 is 1.39. The van der Waals surface area contributed by atoms with Crippen LogP contribution in [0.5, 0.6) is 11.5 Å². The molecule has 1 aromatic carbocycles. The van der Waals surface area contributed by atoms with E-state index in [1.807, 2.05) is 10.6 Å². The topological polar surface area (TPSA) is 66.2 Å². The van der Waals surface area contributed by atoms with E-state index in [0.29, 0.717) is 29.5 Å². The van der Waals surface area contributed by atoms with Crippen molar-refractivity contribution < 1.29 is 14.3 Å². The molecular formula is C18H21N3O3S. The summed E-state index contributed by atoms with van der Waals surface area (Å²) in [6.45, 7) is 4.45. The van der Waals surface area contributed by atoms with Crippen LogP contribution in [0.3, 0.4) is 0 Å². The van der Waals surface area contributed by atoms with Gasteiger partial charge in [0.05, 0.1) is 25.5 Å². The Hall–Kier alpha value is -2.28. The van der Waals surface area contributed by atoms with Gasteiger partial charge >= 0.3 is 0 Å². The molecule has 1 aliphatic rings. The summed E-state index contributed by atoms with van der Waals surface area (Å²) in [6.07, 6.45) is 4.14. The van der Waals surface area contributed by atoms with Gasteiger partial charge in [-0.3, -0.25) is 4.79 Å². The quantitative estimate of drug-likeness (QED) is 0.389. The van der Waals surface area contributed by atoms with Gasteiger partial charge in [-0.15, -0.1) is 16.8 Å². The van der Waals surface area contributed by atoms with Crippen LogP contribution >= 0.6 is 11.8 Å². The highest BCUT2D eigenvalue weighted by Crippen LogP contribution is 2.40. The first-order valence-electron chi connectivity index (χ1n) is 8.10. The van der Waals surface area contributed by atoms with E-state index in [9.17, 15) is 4.79 Å². The Labute approximate surface area is 151 Å². The molecule has 0 N–H and O–H groups in total. The molecule has 0 atom stereocenters. The number of hydrogen-bond acceptors (Lipinski definition) is 6. The van der Waals surface area contributed by atoms with Crippen molar-refractivity contribution in [3.05, 3.63) is 42.2 Å². The van der Waals surface area contributed by atoms with Crippen LogP contribution in [0.15, 0.2) is 36.0 Å². The van der Waals surface area contributed by atoms with Gasteiger partial charge in [-0.25, -0.2) is 0 Å². The van der Waals surface area contributed by atoms with Crippen LogP contribution in [-0.4, -0.2) is 40.5 Å². The van der Waals surface area contributed by atoms with E-state index >= 15 is 0 Å². The normalized spacial score (nSPS) is 13.5. The Bertz CT molecular complexity index is 784. The molecule has 1 saturated carbocycles. The molecule has 1 aliphatic carbocycles. The predicted molar refractivity (Wildman–Crippen MR) is 96.8 cm³/mol. The summed E-state index contributed by atoms with van der Waals surface area (Å²) in [7, 11) is 3.12. The third-order valence-corrected chi connectivity index (χ3v) is 5.01. The number of benzene rings is 1. The Balaban J connectivity index is 1.73. The third kappa shape index (κ3) is 3.87. The van der Waals surface area contributed by atoms with E-state index < -0.39 is 0 Å². The van der Waals surface area contributed by atoms with Gasteiger partial charge < -0.3 is 14.0 Å². The van der Waals surface area contributed by atoms with Crippen LogP contribution in [0.2, 0.25) is 0 Å². The molecule has 132 valence electrons. The molecule has 0 unspecified atom stereocenters. The summed E-state index contributed by atoms with van der Waals surface area (Å²) in [5, 5.41) is 9.30. The first-order valence-corrected chi connectivity index (χ1v) is 9.08. The van der Waals surface area contributed by atoms with Crippen LogP contribution in [0.4, 0.5) is 0 Å². The highest BCUT2D eigenvalue weighted by molar-refractivity contribution is 7.99. The second kappa shape index (κ2) is 7.74. The fourth-order valence-corrected chi connectivity index (χ4v) is 3.43. The van der Waals surface area contributed by atoms with Crippen LogP contribution < -0.4 is 9.47 Å². The van der Waals surface area contributed by atoms with Crippen LogP contribution in [-0.2, 0) is 6.54 Å². The highest BCUT2D eigenvalue weighted by atomic mass is 32.2. The van der Waals surface area contributed by atoms with Crippen LogP contribution in [0.1, 0.15) is 34.9 Å². The largest absolute Gasteiger partial charge is 0.497 e. The second-order valence-corrected chi connectivity index (χ2v) is 6.73. The van der Waals surface area contributed by atoms with Crippen LogP contribution in [0.25, 0.3) is 0 Å². The molecular weight excluding hydrogens is 338 g/mol. The third-order valence-electron chi connectivity index (χ3n) is 4.04. The van der Waals surface area contributed by atoms with Gasteiger partial charge in [0.1, 0.15) is 17.3 Å². The minimum absolute atomic E-state index is 0.0226. The van der Waals surface area contributed by atoms with E-state index in [2.05, 4.69) is 16.8 Å². The molecule has 0 aliphatic heterocycles. The average Bonchev–Trinajstić information content (AvgIpc) is 3.41. The standard InChI is InChI=1S/C18H21N3O3S/c1-4-9-21-17(12-5-6-12)19-20-18(21)25-11-15(22)14-8-7-13(23-2)10-16(14)24-3/h4,7-8,10,12H,1,5-6,9,11H2,2-3H3. The number of nitrogens with zero attached hydrogens (tertiary/aromatic N) is 3. The molecule has 0 radical (unpaired) electrons. The van der Waals surface area contributed by atoms with E-state index in [4.69, 9.17) is 9.47 Å². The van der Waals surface area contributed by atoms with Crippen molar-refractivity contribution in [3.63, 3.8) is 0 Å². The van der Waals surface area contributed by atoms with Crippen molar-refractivity contribution in [3.8, 4) is 11.5 Å². The number of hydrogen-bond donors (Lipinski definition) is 0.